The van der Waals surface area contributed by atoms with Crippen molar-refractivity contribution >= 4 is 23.1 Å². The minimum absolute atomic E-state index is 0.995. The second-order valence-electron chi connectivity index (χ2n) is 7.81. The molecule has 148 valence electrons. The number of unbranched alkanes of at least 4 members (excludes halogenated alkanes) is 9. The molecule has 0 spiro atoms. The number of nitrogens with one attached hydrogen (secondary N) is 1. The Balaban J connectivity index is 1.49. The smallest absolute Gasteiger partial charge is 0.0559 e. The van der Waals surface area contributed by atoms with E-state index in [0.29, 0.717) is 0 Å². The highest BCUT2D eigenvalue weighted by Gasteiger charge is 2.18. The summed E-state index contributed by atoms with van der Waals surface area (Å²) in [6.07, 6.45) is 20.5. The van der Waals surface area contributed by atoms with Crippen LogP contribution in [-0.2, 0) is 6.42 Å². The fourth-order valence-corrected chi connectivity index (χ4v) is 4.97. The van der Waals surface area contributed by atoms with Crippen molar-refractivity contribution in [1.82, 2.24) is 0 Å². The minimum atomic E-state index is 0.995. The third kappa shape index (κ3) is 5.82. The normalized spacial score (nSPS) is 12.0. The van der Waals surface area contributed by atoms with Gasteiger partial charge in [0.1, 0.15) is 0 Å². The fourth-order valence-electron chi connectivity index (χ4n) is 3.89. The lowest BCUT2D eigenvalue weighted by atomic mass is 10.0. The zero-order valence-corrected chi connectivity index (χ0v) is 18.0. The second-order valence-corrected chi connectivity index (χ2v) is 8.89. The van der Waals surface area contributed by atoms with Gasteiger partial charge in [0.25, 0.3) is 0 Å². The molecular weight excluding hydrogens is 358 g/mol. The van der Waals surface area contributed by atoms with Gasteiger partial charge in [-0.2, -0.15) is 0 Å². The summed E-state index contributed by atoms with van der Waals surface area (Å²) < 4.78 is 0. The third-order valence-electron chi connectivity index (χ3n) is 5.52. The van der Waals surface area contributed by atoms with E-state index in [1.54, 1.807) is 0 Å². The second kappa shape index (κ2) is 11.2. The van der Waals surface area contributed by atoms with Crippen LogP contribution in [-0.4, -0.2) is 0 Å². The molecule has 0 aliphatic carbocycles. The van der Waals surface area contributed by atoms with Gasteiger partial charge in [0.2, 0.25) is 0 Å². The quantitative estimate of drug-likeness (QED) is 0.260. The van der Waals surface area contributed by atoms with Crippen molar-refractivity contribution in [2.45, 2.75) is 87.3 Å². The van der Waals surface area contributed by atoms with Crippen LogP contribution in [0.1, 0.15) is 82.3 Å². The molecule has 1 heterocycles. The SMILES string of the molecule is C#Cc1cc(CCCCCCCCCCCC)c2c(c1)Sc1ccccc1N2. The van der Waals surface area contributed by atoms with Crippen molar-refractivity contribution < 1.29 is 0 Å². The standard InChI is InChI=1S/C26H33NS/c1-3-5-6-7-8-9-10-11-12-13-16-22-19-21(4-2)20-25-26(22)27-23-17-14-15-18-24(23)28-25/h2,14-15,17-20,27H,3,5-13,16H2,1H3. The molecule has 0 bridgehead atoms. The Morgan fingerprint density at radius 3 is 2.25 bits per heavy atom. The predicted octanol–water partition coefficient (Wildman–Crippen LogP) is 8.34. The zero-order chi connectivity index (χ0) is 19.6. The number of terminal acetylenes is 1. The molecule has 2 aromatic rings. The zero-order valence-electron chi connectivity index (χ0n) is 17.2. The van der Waals surface area contributed by atoms with Crippen molar-refractivity contribution in [2.75, 3.05) is 5.32 Å². The van der Waals surface area contributed by atoms with Gasteiger partial charge in [-0.25, -0.2) is 0 Å². The van der Waals surface area contributed by atoms with Crippen LogP contribution >= 0.6 is 11.8 Å². The predicted molar refractivity (Wildman–Crippen MR) is 124 cm³/mol. The number of aryl methyl sites for hydroxylation is 1. The summed E-state index contributed by atoms with van der Waals surface area (Å²) in [5.41, 5.74) is 4.83. The Morgan fingerprint density at radius 2 is 1.54 bits per heavy atom. The van der Waals surface area contributed by atoms with Crippen LogP contribution in [0, 0.1) is 12.3 Å². The van der Waals surface area contributed by atoms with Crippen molar-refractivity contribution in [1.29, 1.82) is 0 Å². The summed E-state index contributed by atoms with van der Waals surface area (Å²) in [5.74, 6) is 2.84. The summed E-state index contributed by atoms with van der Waals surface area (Å²) in [6.45, 7) is 2.28. The molecule has 0 aromatic heterocycles. The van der Waals surface area contributed by atoms with E-state index in [0.717, 1.165) is 12.0 Å². The van der Waals surface area contributed by atoms with Crippen molar-refractivity contribution in [3.63, 3.8) is 0 Å². The van der Waals surface area contributed by atoms with Crippen LogP contribution in [0.25, 0.3) is 0 Å². The molecule has 0 fully saturated rings. The molecule has 1 aliphatic rings. The van der Waals surface area contributed by atoms with Crippen LogP contribution in [0.4, 0.5) is 11.4 Å². The van der Waals surface area contributed by atoms with Crippen LogP contribution in [0.2, 0.25) is 0 Å². The van der Waals surface area contributed by atoms with Gasteiger partial charge in [0, 0.05) is 15.4 Å². The summed E-state index contributed by atoms with van der Waals surface area (Å²) in [7, 11) is 0. The highest BCUT2D eigenvalue weighted by Crippen LogP contribution is 2.46. The van der Waals surface area contributed by atoms with Gasteiger partial charge in [-0.15, -0.1) is 6.42 Å². The molecule has 3 rings (SSSR count). The molecule has 0 radical (unpaired) electrons. The van der Waals surface area contributed by atoms with E-state index in [1.807, 2.05) is 11.8 Å². The van der Waals surface area contributed by atoms with E-state index in [2.05, 4.69) is 54.6 Å². The van der Waals surface area contributed by atoms with Crippen molar-refractivity contribution in [3.8, 4) is 12.3 Å². The van der Waals surface area contributed by atoms with Gasteiger partial charge < -0.3 is 5.32 Å². The first-order valence-corrected chi connectivity index (χ1v) is 11.8. The summed E-state index contributed by atoms with van der Waals surface area (Å²) in [4.78, 5) is 2.53. The van der Waals surface area contributed by atoms with Gasteiger partial charge in [0.15, 0.2) is 0 Å². The first-order valence-electron chi connectivity index (χ1n) is 11.0. The van der Waals surface area contributed by atoms with Crippen LogP contribution in [0.15, 0.2) is 46.2 Å². The molecule has 1 nitrogen and oxygen atoms in total. The minimum Gasteiger partial charge on any atom is -0.353 e. The maximum Gasteiger partial charge on any atom is 0.0559 e. The summed E-state index contributed by atoms with van der Waals surface area (Å²) in [5, 5.41) is 3.66. The number of anilines is 2. The third-order valence-corrected chi connectivity index (χ3v) is 6.63. The highest BCUT2D eigenvalue weighted by atomic mass is 32.2. The first kappa shape index (κ1) is 20.9. The monoisotopic (exact) mass is 391 g/mol. The van der Waals surface area contributed by atoms with Gasteiger partial charge in [-0.05, 0) is 42.7 Å². The Bertz CT molecular complexity index is 803. The molecular formula is C26H33NS. The van der Waals surface area contributed by atoms with E-state index in [1.165, 1.54) is 90.9 Å². The topological polar surface area (TPSA) is 12.0 Å². The number of rotatable bonds is 11. The molecule has 0 unspecified atom stereocenters. The van der Waals surface area contributed by atoms with Crippen molar-refractivity contribution in [3.05, 3.63) is 47.5 Å². The molecule has 0 amide bonds. The van der Waals surface area contributed by atoms with E-state index >= 15 is 0 Å². The van der Waals surface area contributed by atoms with E-state index in [-0.39, 0.29) is 0 Å². The number of para-hydroxylation sites is 1. The van der Waals surface area contributed by atoms with Crippen LogP contribution in [0.5, 0.6) is 0 Å². The lowest BCUT2D eigenvalue weighted by Crippen LogP contribution is -2.04. The van der Waals surface area contributed by atoms with E-state index in [4.69, 9.17) is 6.42 Å². The Hall–Kier alpha value is -1.85. The molecule has 0 saturated carbocycles. The number of fused-ring (bicyclic) bond motifs is 2. The lowest BCUT2D eigenvalue weighted by molar-refractivity contribution is 0.556. The average Bonchev–Trinajstić information content (AvgIpc) is 2.73. The fraction of sp³-hybridized carbons (Fsp3) is 0.462. The van der Waals surface area contributed by atoms with E-state index < -0.39 is 0 Å². The van der Waals surface area contributed by atoms with Crippen LogP contribution in [0.3, 0.4) is 0 Å². The Kier molecular flexibility index (Phi) is 8.37. The maximum absolute atomic E-state index is 5.72. The number of hydrogen-bond donors (Lipinski definition) is 1. The Labute approximate surface area is 175 Å². The largest absolute Gasteiger partial charge is 0.353 e. The first-order chi connectivity index (χ1) is 13.8. The lowest BCUT2D eigenvalue weighted by Gasteiger charge is -2.24. The Morgan fingerprint density at radius 1 is 0.857 bits per heavy atom. The summed E-state index contributed by atoms with van der Waals surface area (Å²) in [6, 6.07) is 12.9. The molecule has 1 aliphatic heterocycles. The molecule has 0 atom stereocenters. The summed E-state index contributed by atoms with van der Waals surface area (Å²) >= 11 is 1.83. The van der Waals surface area contributed by atoms with Gasteiger partial charge in [-0.1, -0.05) is 94.5 Å². The molecule has 2 aromatic carbocycles. The van der Waals surface area contributed by atoms with E-state index in [9.17, 15) is 0 Å². The highest BCUT2D eigenvalue weighted by molar-refractivity contribution is 7.99. The molecule has 1 N–H and O–H groups in total. The maximum atomic E-state index is 5.72. The average molecular weight is 392 g/mol. The van der Waals surface area contributed by atoms with Gasteiger partial charge in [-0.3, -0.25) is 0 Å². The van der Waals surface area contributed by atoms with Gasteiger partial charge in [0.05, 0.1) is 11.4 Å². The molecule has 0 saturated heterocycles. The van der Waals surface area contributed by atoms with Gasteiger partial charge >= 0.3 is 0 Å². The molecule has 28 heavy (non-hydrogen) atoms. The van der Waals surface area contributed by atoms with Crippen molar-refractivity contribution in [2.24, 2.45) is 0 Å². The van der Waals surface area contributed by atoms with Crippen LogP contribution < -0.4 is 5.32 Å². The number of benzene rings is 2. The number of hydrogen-bond acceptors (Lipinski definition) is 2. The molecule has 2 heteroatoms.